The first-order chi connectivity index (χ1) is 16.4. The van der Waals surface area contributed by atoms with Gasteiger partial charge in [-0.1, -0.05) is 13.0 Å². The Morgan fingerprint density at radius 1 is 1.26 bits per heavy atom. The van der Waals surface area contributed by atoms with E-state index in [-0.39, 0.29) is 5.91 Å². The summed E-state index contributed by atoms with van der Waals surface area (Å²) >= 11 is 0. The number of H-pyrrole nitrogens is 1. The van der Waals surface area contributed by atoms with Crippen molar-refractivity contribution in [1.29, 1.82) is 0 Å². The van der Waals surface area contributed by atoms with Gasteiger partial charge < -0.3 is 10.1 Å². The van der Waals surface area contributed by atoms with Crippen LogP contribution in [0.5, 0.6) is 5.75 Å². The minimum absolute atomic E-state index is 0.250. The number of aryl methyl sites for hydroxylation is 1. The summed E-state index contributed by atoms with van der Waals surface area (Å²) in [4.78, 5) is 15.2. The second kappa shape index (κ2) is 10.7. The summed E-state index contributed by atoms with van der Waals surface area (Å²) in [7, 11) is 0. The van der Waals surface area contributed by atoms with Crippen LogP contribution in [-0.4, -0.2) is 57.0 Å². The van der Waals surface area contributed by atoms with Gasteiger partial charge in [0.2, 0.25) is 0 Å². The third-order valence-corrected chi connectivity index (χ3v) is 6.43. The minimum Gasteiger partial charge on any atom is -0.492 e. The zero-order valence-electron chi connectivity index (χ0n) is 20.3. The molecule has 2 N–H and O–H groups in total. The highest BCUT2D eigenvalue weighted by molar-refractivity contribution is 6.03. The van der Waals surface area contributed by atoms with Crippen LogP contribution >= 0.6 is 0 Å². The molecule has 4 rings (SSSR count). The maximum absolute atomic E-state index is 12.7. The van der Waals surface area contributed by atoms with Crippen LogP contribution in [0.15, 0.2) is 43.0 Å². The smallest absolute Gasteiger partial charge is 0.273 e. The Balaban J connectivity index is 1.31. The summed E-state index contributed by atoms with van der Waals surface area (Å²) in [6.45, 7) is 14.6. The highest BCUT2D eigenvalue weighted by Gasteiger charge is 2.18. The van der Waals surface area contributed by atoms with Crippen LogP contribution in [-0.2, 0) is 6.54 Å². The number of ether oxygens (including phenoxy) is 1. The standard InChI is InChI=1S/C26H34N6O2/c1-5-12-32-20(4)25(19(3)30-32)23-17-24(29-28-23)26(33)27-21-6-8-22(9-7-21)34-16-15-31-13-10-18(2)11-14-31/h5-9,17-18H,1,10-16H2,2-4H3,(H,27,33)(H,28,29). The number of amides is 1. The predicted octanol–water partition coefficient (Wildman–Crippen LogP) is 4.44. The van der Waals surface area contributed by atoms with Gasteiger partial charge in [-0.05, 0) is 76.0 Å². The molecule has 1 aliphatic heterocycles. The third kappa shape index (κ3) is 5.56. The number of rotatable bonds is 9. The number of anilines is 1. The molecule has 0 saturated carbocycles. The number of likely N-dealkylation sites (tertiary alicyclic amines) is 1. The number of hydrogen-bond donors (Lipinski definition) is 2. The number of nitrogens with zero attached hydrogens (tertiary/aromatic N) is 4. The molecule has 3 heterocycles. The van der Waals surface area contributed by atoms with E-state index in [0.29, 0.717) is 30.2 Å². The van der Waals surface area contributed by atoms with Gasteiger partial charge in [0.1, 0.15) is 18.1 Å². The van der Waals surface area contributed by atoms with E-state index >= 15 is 0 Å². The van der Waals surface area contributed by atoms with Crippen LogP contribution < -0.4 is 10.1 Å². The number of carbonyl (C=O) groups is 1. The van der Waals surface area contributed by atoms with Crippen LogP contribution in [0.25, 0.3) is 11.3 Å². The highest BCUT2D eigenvalue weighted by atomic mass is 16.5. The van der Waals surface area contributed by atoms with Gasteiger partial charge in [0.15, 0.2) is 0 Å². The second-order valence-electron chi connectivity index (χ2n) is 9.03. The number of benzene rings is 1. The normalized spacial score (nSPS) is 14.8. The van der Waals surface area contributed by atoms with Crippen molar-refractivity contribution in [3.63, 3.8) is 0 Å². The molecule has 1 aliphatic rings. The average Bonchev–Trinajstić information content (AvgIpc) is 3.41. The zero-order chi connectivity index (χ0) is 24.1. The molecule has 8 nitrogen and oxygen atoms in total. The lowest BCUT2D eigenvalue weighted by atomic mass is 9.99. The second-order valence-corrected chi connectivity index (χ2v) is 9.03. The van der Waals surface area contributed by atoms with E-state index in [1.165, 1.54) is 12.8 Å². The van der Waals surface area contributed by atoms with E-state index in [1.54, 1.807) is 12.1 Å². The number of carbonyl (C=O) groups excluding carboxylic acids is 1. The van der Waals surface area contributed by atoms with Gasteiger partial charge in [-0.15, -0.1) is 6.58 Å². The van der Waals surface area contributed by atoms with Gasteiger partial charge in [0, 0.05) is 23.5 Å². The van der Waals surface area contributed by atoms with Crippen molar-refractivity contribution in [1.82, 2.24) is 24.9 Å². The summed E-state index contributed by atoms with van der Waals surface area (Å²) in [5.74, 6) is 1.39. The average molecular weight is 463 g/mol. The molecular formula is C26H34N6O2. The molecule has 3 aromatic rings. The summed E-state index contributed by atoms with van der Waals surface area (Å²) in [5.41, 5.74) is 4.57. The van der Waals surface area contributed by atoms with Crippen molar-refractivity contribution in [2.24, 2.45) is 5.92 Å². The molecule has 1 fully saturated rings. The van der Waals surface area contributed by atoms with Crippen molar-refractivity contribution in [2.75, 3.05) is 31.6 Å². The topological polar surface area (TPSA) is 88.1 Å². The van der Waals surface area contributed by atoms with Gasteiger partial charge in [0.25, 0.3) is 5.91 Å². The maximum Gasteiger partial charge on any atom is 0.273 e. The lowest BCUT2D eigenvalue weighted by molar-refractivity contribution is 0.102. The van der Waals surface area contributed by atoms with E-state index in [2.05, 4.69) is 39.0 Å². The van der Waals surface area contributed by atoms with E-state index in [0.717, 1.165) is 48.3 Å². The van der Waals surface area contributed by atoms with Crippen molar-refractivity contribution < 1.29 is 9.53 Å². The van der Waals surface area contributed by atoms with Gasteiger partial charge in [-0.3, -0.25) is 19.5 Å². The molecule has 1 amide bonds. The summed E-state index contributed by atoms with van der Waals surface area (Å²) in [5, 5.41) is 14.6. The van der Waals surface area contributed by atoms with E-state index in [1.807, 2.05) is 42.8 Å². The molecule has 34 heavy (non-hydrogen) atoms. The quantitative estimate of drug-likeness (QED) is 0.459. The van der Waals surface area contributed by atoms with Gasteiger partial charge in [0.05, 0.1) is 17.9 Å². The van der Waals surface area contributed by atoms with Crippen molar-refractivity contribution in [3.05, 3.63) is 60.1 Å². The number of piperidine rings is 1. The molecule has 2 aromatic heterocycles. The Morgan fingerprint density at radius 2 is 2.00 bits per heavy atom. The fraction of sp³-hybridized carbons (Fsp3) is 0.423. The van der Waals surface area contributed by atoms with Crippen LogP contribution in [0.2, 0.25) is 0 Å². The minimum atomic E-state index is -0.250. The van der Waals surface area contributed by atoms with Gasteiger partial charge >= 0.3 is 0 Å². The Hall–Kier alpha value is -3.39. The molecule has 0 aliphatic carbocycles. The molecule has 0 bridgehead atoms. The Labute approximate surface area is 201 Å². The fourth-order valence-corrected chi connectivity index (χ4v) is 4.34. The van der Waals surface area contributed by atoms with E-state index < -0.39 is 0 Å². The molecule has 1 aromatic carbocycles. The van der Waals surface area contributed by atoms with E-state index in [9.17, 15) is 4.79 Å². The lowest BCUT2D eigenvalue weighted by Gasteiger charge is -2.29. The van der Waals surface area contributed by atoms with Crippen LogP contribution in [0.4, 0.5) is 5.69 Å². The molecule has 1 saturated heterocycles. The molecule has 0 radical (unpaired) electrons. The molecule has 0 unspecified atom stereocenters. The molecule has 8 heteroatoms. The first-order valence-electron chi connectivity index (χ1n) is 11.9. The summed E-state index contributed by atoms with van der Waals surface area (Å²) < 4.78 is 7.77. The van der Waals surface area contributed by atoms with Crippen LogP contribution in [0, 0.1) is 19.8 Å². The van der Waals surface area contributed by atoms with Crippen molar-refractivity contribution >= 4 is 11.6 Å². The van der Waals surface area contributed by atoms with Gasteiger partial charge in [-0.2, -0.15) is 10.2 Å². The van der Waals surface area contributed by atoms with Crippen molar-refractivity contribution in [3.8, 4) is 17.0 Å². The Bertz CT molecular complexity index is 1120. The molecule has 0 atom stereocenters. The maximum atomic E-state index is 12.7. The first-order valence-corrected chi connectivity index (χ1v) is 11.9. The monoisotopic (exact) mass is 462 g/mol. The molecular weight excluding hydrogens is 428 g/mol. The lowest BCUT2D eigenvalue weighted by Crippen LogP contribution is -2.35. The number of hydrogen-bond acceptors (Lipinski definition) is 5. The number of aromatic amines is 1. The third-order valence-electron chi connectivity index (χ3n) is 6.43. The molecule has 180 valence electrons. The zero-order valence-corrected chi connectivity index (χ0v) is 20.3. The SMILES string of the molecule is C=CCn1nc(C)c(-c2cc(C(=O)Nc3ccc(OCCN4CCC(C)CC4)cc3)[nH]n2)c1C. The van der Waals surface area contributed by atoms with Crippen LogP contribution in [0.1, 0.15) is 41.6 Å². The Morgan fingerprint density at radius 3 is 2.71 bits per heavy atom. The van der Waals surface area contributed by atoms with Crippen LogP contribution in [0.3, 0.4) is 0 Å². The summed E-state index contributed by atoms with van der Waals surface area (Å²) in [6.07, 6.45) is 4.34. The number of allylic oxidation sites excluding steroid dienone is 1. The number of nitrogens with one attached hydrogen (secondary N) is 2. The highest BCUT2D eigenvalue weighted by Crippen LogP contribution is 2.26. The van der Waals surface area contributed by atoms with Gasteiger partial charge in [-0.25, -0.2) is 0 Å². The predicted molar refractivity (Wildman–Crippen MR) is 134 cm³/mol. The fourth-order valence-electron chi connectivity index (χ4n) is 4.34. The first kappa shape index (κ1) is 23.8. The summed E-state index contributed by atoms with van der Waals surface area (Å²) in [6, 6.07) is 9.21. The number of aromatic nitrogens is 4. The molecule has 0 spiro atoms. The van der Waals surface area contributed by atoms with E-state index in [4.69, 9.17) is 4.74 Å². The van der Waals surface area contributed by atoms with Crippen molar-refractivity contribution in [2.45, 2.75) is 40.2 Å². The largest absolute Gasteiger partial charge is 0.492 e. The Kier molecular flexibility index (Phi) is 7.47.